The van der Waals surface area contributed by atoms with Crippen molar-refractivity contribution in [2.75, 3.05) is 6.61 Å². The van der Waals surface area contributed by atoms with Gasteiger partial charge in [-0.1, -0.05) is 0 Å². The van der Waals surface area contributed by atoms with Crippen LogP contribution < -0.4 is 4.74 Å². The Labute approximate surface area is 147 Å². The molecule has 1 aromatic carbocycles. The van der Waals surface area contributed by atoms with Crippen molar-refractivity contribution >= 4 is 5.90 Å². The number of nitrogens with zero attached hydrogens (tertiary/aromatic N) is 1. The minimum absolute atomic E-state index is 0.217. The molecule has 132 valence electrons. The van der Waals surface area contributed by atoms with Gasteiger partial charge in [-0.2, -0.15) is 0 Å². The lowest BCUT2D eigenvalue weighted by Gasteiger charge is -2.19. The molecule has 4 rings (SSSR count). The Kier molecular flexibility index (Phi) is 3.48. The fraction of sp³-hybridized carbons (Fsp3) is 0.450. The van der Waals surface area contributed by atoms with E-state index in [9.17, 15) is 0 Å². The second-order valence-electron chi connectivity index (χ2n) is 7.81. The minimum atomic E-state index is -0.298. The zero-order chi connectivity index (χ0) is 17.8. The van der Waals surface area contributed by atoms with Gasteiger partial charge in [0.25, 0.3) is 11.8 Å². The van der Waals surface area contributed by atoms with Gasteiger partial charge in [-0.15, -0.1) is 0 Å². The van der Waals surface area contributed by atoms with Crippen LogP contribution in [-0.2, 0) is 21.7 Å². The van der Waals surface area contributed by atoms with Gasteiger partial charge in [0.1, 0.15) is 12.4 Å². The first-order chi connectivity index (χ1) is 11.7. The van der Waals surface area contributed by atoms with Gasteiger partial charge in [-0.3, -0.25) is 0 Å². The Morgan fingerprint density at radius 2 is 1.92 bits per heavy atom. The third-order valence-electron chi connectivity index (χ3n) is 4.61. The van der Waals surface area contributed by atoms with Crippen LogP contribution in [0.25, 0.3) is 0 Å². The maximum Gasteiger partial charge on any atom is 0.290 e. The molecule has 0 atom stereocenters. The highest BCUT2D eigenvalue weighted by Crippen LogP contribution is 2.40. The molecule has 2 aliphatic heterocycles. The number of aliphatic imine (C=N–C) groups is 1. The number of ether oxygens (including phenoxy) is 3. The fourth-order valence-electron chi connectivity index (χ4n) is 3.18. The lowest BCUT2D eigenvalue weighted by Crippen LogP contribution is -2.17. The molecule has 0 saturated carbocycles. The number of rotatable bonds is 3. The lowest BCUT2D eigenvalue weighted by atomic mass is 9.94. The molecule has 0 radical (unpaired) electrons. The molecule has 2 aliphatic rings. The van der Waals surface area contributed by atoms with Gasteiger partial charge >= 0.3 is 0 Å². The molecule has 0 bridgehead atoms. The normalized spacial score (nSPS) is 20.1. The van der Waals surface area contributed by atoms with Crippen molar-refractivity contribution in [3.05, 3.63) is 46.7 Å². The second kappa shape index (κ2) is 5.36. The predicted molar refractivity (Wildman–Crippen MR) is 94.3 cm³/mol. The smallest absolute Gasteiger partial charge is 0.290 e. The van der Waals surface area contributed by atoms with Crippen LogP contribution in [0.3, 0.4) is 0 Å². The highest BCUT2D eigenvalue weighted by molar-refractivity contribution is 5.92. The van der Waals surface area contributed by atoms with Crippen LogP contribution in [0.2, 0.25) is 0 Å². The summed E-state index contributed by atoms with van der Waals surface area (Å²) in [6.07, 6.45) is 0. The average Bonchev–Trinajstić information content (AvgIpc) is 3.19. The monoisotopic (exact) mass is 341 g/mol. The van der Waals surface area contributed by atoms with Crippen LogP contribution in [-0.4, -0.2) is 18.0 Å². The van der Waals surface area contributed by atoms with Crippen molar-refractivity contribution in [3.63, 3.8) is 0 Å². The summed E-state index contributed by atoms with van der Waals surface area (Å²) in [7, 11) is 0. The summed E-state index contributed by atoms with van der Waals surface area (Å²) in [5, 5.41) is 0. The van der Waals surface area contributed by atoms with Crippen molar-refractivity contribution < 1.29 is 18.6 Å². The van der Waals surface area contributed by atoms with Crippen molar-refractivity contribution in [1.29, 1.82) is 0 Å². The molecule has 0 spiro atoms. The lowest BCUT2D eigenvalue weighted by molar-refractivity contribution is -0.00795. The van der Waals surface area contributed by atoms with E-state index in [1.54, 1.807) is 6.07 Å². The second-order valence-corrected chi connectivity index (χ2v) is 7.81. The van der Waals surface area contributed by atoms with Crippen LogP contribution in [0, 0.1) is 6.92 Å². The first-order valence-corrected chi connectivity index (χ1v) is 8.52. The molecule has 0 fully saturated rings. The molecule has 1 aromatic heterocycles. The molecular formula is C20H23NO4. The minimum Gasteiger partial charge on any atom is -0.473 e. The summed E-state index contributed by atoms with van der Waals surface area (Å²) >= 11 is 0. The van der Waals surface area contributed by atoms with E-state index in [0.717, 1.165) is 16.9 Å². The van der Waals surface area contributed by atoms with E-state index in [1.807, 2.05) is 32.9 Å². The van der Waals surface area contributed by atoms with Gasteiger partial charge in [0.15, 0.2) is 5.76 Å². The summed E-state index contributed by atoms with van der Waals surface area (Å²) in [6.45, 7) is 11.4. The summed E-state index contributed by atoms with van der Waals surface area (Å²) in [4.78, 5) is 4.52. The predicted octanol–water partition coefficient (Wildman–Crippen LogP) is 4.70. The van der Waals surface area contributed by atoms with E-state index in [0.29, 0.717) is 30.8 Å². The highest BCUT2D eigenvalue weighted by Gasteiger charge is 2.32. The zero-order valence-electron chi connectivity index (χ0n) is 15.3. The molecule has 0 aliphatic carbocycles. The Hall–Kier alpha value is -2.27. The van der Waals surface area contributed by atoms with E-state index in [1.165, 1.54) is 5.56 Å². The topological polar surface area (TPSA) is 53.2 Å². The SMILES string of the molecule is Cc1cc2c(cc1Oc1ccc(C3=NC(C)(C)CO3)o1)C(C)(C)OC2. The van der Waals surface area contributed by atoms with Gasteiger partial charge in [-0.05, 0) is 69.5 Å². The van der Waals surface area contributed by atoms with E-state index in [4.69, 9.17) is 18.6 Å². The standard InChI is InChI=1S/C20H23NO4/c1-12-8-13-10-23-20(4,5)14(13)9-16(12)25-17-7-6-15(24-17)18-21-19(2,3)11-22-18/h6-9H,10-11H2,1-5H3. The van der Waals surface area contributed by atoms with Crippen molar-refractivity contribution in [1.82, 2.24) is 0 Å². The van der Waals surface area contributed by atoms with Gasteiger partial charge in [-0.25, -0.2) is 4.99 Å². The van der Waals surface area contributed by atoms with Gasteiger partial charge in [0.2, 0.25) is 0 Å². The van der Waals surface area contributed by atoms with Crippen LogP contribution in [0.1, 0.15) is 50.1 Å². The molecule has 0 amide bonds. The average molecular weight is 341 g/mol. The Morgan fingerprint density at radius 1 is 1.12 bits per heavy atom. The van der Waals surface area contributed by atoms with Crippen LogP contribution in [0.5, 0.6) is 11.7 Å². The quantitative estimate of drug-likeness (QED) is 0.812. The molecule has 5 heteroatoms. The molecule has 0 unspecified atom stereocenters. The van der Waals surface area contributed by atoms with Crippen molar-refractivity contribution in [2.24, 2.45) is 4.99 Å². The number of hydrogen-bond acceptors (Lipinski definition) is 5. The molecule has 25 heavy (non-hydrogen) atoms. The van der Waals surface area contributed by atoms with Crippen LogP contribution >= 0.6 is 0 Å². The van der Waals surface area contributed by atoms with Gasteiger partial charge < -0.3 is 18.6 Å². The number of hydrogen-bond donors (Lipinski definition) is 0. The largest absolute Gasteiger partial charge is 0.473 e. The van der Waals surface area contributed by atoms with E-state index >= 15 is 0 Å². The van der Waals surface area contributed by atoms with Crippen molar-refractivity contribution in [2.45, 2.75) is 52.4 Å². The Balaban J connectivity index is 1.60. The van der Waals surface area contributed by atoms with Crippen LogP contribution in [0.15, 0.2) is 33.7 Å². The van der Waals surface area contributed by atoms with Crippen molar-refractivity contribution in [3.8, 4) is 11.7 Å². The molecular weight excluding hydrogens is 318 g/mol. The Bertz CT molecular complexity index is 861. The van der Waals surface area contributed by atoms with E-state index in [2.05, 4.69) is 24.9 Å². The van der Waals surface area contributed by atoms with Crippen LogP contribution in [0.4, 0.5) is 0 Å². The third-order valence-corrected chi connectivity index (χ3v) is 4.61. The zero-order valence-corrected chi connectivity index (χ0v) is 15.3. The Morgan fingerprint density at radius 3 is 2.64 bits per heavy atom. The van der Waals surface area contributed by atoms with Gasteiger partial charge in [0.05, 0.1) is 17.7 Å². The number of furan rings is 1. The molecule has 0 N–H and O–H groups in total. The number of aryl methyl sites for hydroxylation is 1. The molecule has 3 heterocycles. The summed E-state index contributed by atoms with van der Waals surface area (Å²) in [5.74, 6) is 2.31. The number of benzene rings is 1. The van der Waals surface area contributed by atoms with E-state index in [-0.39, 0.29) is 11.1 Å². The van der Waals surface area contributed by atoms with Gasteiger partial charge in [0, 0.05) is 6.07 Å². The summed E-state index contributed by atoms with van der Waals surface area (Å²) in [6, 6.07) is 7.79. The maximum absolute atomic E-state index is 5.99. The summed E-state index contributed by atoms with van der Waals surface area (Å²) in [5.41, 5.74) is 2.91. The molecule has 2 aromatic rings. The fourth-order valence-corrected chi connectivity index (χ4v) is 3.18. The molecule has 5 nitrogen and oxygen atoms in total. The first kappa shape index (κ1) is 16.2. The third kappa shape index (κ3) is 2.93. The maximum atomic E-state index is 5.99. The molecule has 0 saturated heterocycles. The summed E-state index contributed by atoms with van der Waals surface area (Å²) < 4.78 is 23.2. The van der Waals surface area contributed by atoms with E-state index < -0.39 is 0 Å². The highest BCUT2D eigenvalue weighted by atomic mass is 16.6. The number of fused-ring (bicyclic) bond motifs is 1. The first-order valence-electron chi connectivity index (χ1n) is 8.52.